The molecule has 0 aliphatic heterocycles. The minimum absolute atomic E-state index is 0.255. The maximum absolute atomic E-state index is 5.39. The Labute approximate surface area is 164 Å². The van der Waals surface area contributed by atoms with Gasteiger partial charge >= 0.3 is 6.01 Å². The van der Waals surface area contributed by atoms with Crippen LogP contribution in [-0.2, 0) is 6.54 Å². The molecular formula is C21H25N5O2. The average molecular weight is 379 g/mol. The van der Waals surface area contributed by atoms with Crippen LogP contribution in [0.5, 0.6) is 11.9 Å². The number of ether oxygens (including phenoxy) is 2. The van der Waals surface area contributed by atoms with Gasteiger partial charge in [0.15, 0.2) is 0 Å². The topological polar surface area (TPSA) is 75.0 Å². The van der Waals surface area contributed by atoms with Crippen LogP contribution in [-0.4, -0.2) is 39.0 Å². The SMILES string of the molecule is COc1ncc(-c2cc(-c3ccn(CC4CCCC4)c3)c(C)nn2)c(OC)n1. The Bertz CT molecular complexity index is 963. The molecule has 0 spiro atoms. The van der Waals surface area contributed by atoms with Gasteiger partial charge in [0.05, 0.1) is 25.5 Å². The van der Waals surface area contributed by atoms with E-state index in [9.17, 15) is 0 Å². The van der Waals surface area contributed by atoms with E-state index in [1.165, 1.54) is 32.8 Å². The van der Waals surface area contributed by atoms with Crippen LogP contribution in [0.15, 0.2) is 30.7 Å². The molecule has 3 heterocycles. The number of nitrogens with zero attached hydrogens (tertiary/aromatic N) is 5. The quantitative estimate of drug-likeness (QED) is 0.646. The van der Waals surface area contributed by atoms with Gasteiger partial charge in [0.1, 0.15) is 5.69 Å². The number of aryl methyl sites for hydroxylation is 1. The van der Waals surface area contributed by atoms with E-state index in [0.29, 0.717) is 17.1 Å². The molecule has 0 aromatic carbocycles. The molecule has 1 fully saturated rings. The molecule has 1 aliphatic carbocycles. The van der Waals surface area contributed by atoms with Crippen molar-refractivity contribution in [1.82, 2.24) is 24.7 Å². The molecule has 1 aliphatic rings. The summed E-state index contributed by atoms with van der Waals surface area (Å²) in [5, 5.41) is 8.69. The molecule has 0 atom stereocenters. The van der Waals surface area contributed by atoms with Crippen LogP contribution >= 0.6 is 0 Å². The largest absolute Gasteiger partial charge is 0.480 e. The molecule has 28 heavy (non-hydrogen) atoms. The summed E-state index contributed by atoms with van der Waals surface area (Å²) < 4.78 is 12.8. The fourth-order valence-corrected chi connectivity index (χ4v) is 3.86. The zero-order valence-electron chi connectivity index (χ0n) is 16.6. The van der Waals surface area contributed by atoms with Gasteiger partial charge in [0, 0.05) is 36.3 Å². The summed E-state index contributed by atoms with van der Waals surface area (Å²) in [4.78, 5) is 8.43. The summed E-state index contributed by atoms with van der Waals surface area (Å²) in [6.45, 7) is 3.06. The van der Waals surface area contributed by atoms with E-state index in [0.717, 1.165) is 29.3 Å². The molecule has 7 heteroatoms. The smallest absolute Gasteiger partial charge is 0.319 e. The van der Waals surface area contributed by atoms with Gasteiger partial charge in [-0.25, -0.2) is 4.98 Å². The lowest BCUT2D eigenvalue weighted by Crippen LogP contribution is -2.04. The first-order valence-corrected chi connectivity index (χ1v) is 9.64. The zero-order valence-corrected chi connectivity index (χ0v) is 16.6. The van der Waals surface area contributed by atoms with Crippen LogP contribution in [0.4, 0.5) is 0 Å². The maximum atomic E-state index is 5.39. The molecular weight excluding hydrogens is 354 g/mol. The Balaban J connectivity index is 1.65. The third-order valence-electron chi connectivity index (χ3n) is 5.37. The Morgan fingerprint density at radius 1 is 1.11 bits per heavy atom. The molecule has 0 bridgehead atoms. The fourth-order valence-electron chi connectivity index (χ4n) is 3.86. The van der Waals surface area contributed by atoms with E-state index < -0.39 is 0 Å². The van der Waals surface area contributed by atoms with E-state index in [4.69, 9.17) is 9.47 Å². The van der Waals surface area contributed by atoms with Crippen molar-refractivity contribution in [3.05, 3.63) is 36.4 Å². The second kappa shape index (κ2) is 7.96. The predicted molar refractivity (Wildman–Crippen MR) is 106 cm³/mol. The van der Waals surface area contributed by atoms with Crippen molar-refractivity contribution < 1.29 is 9.47 Å². The van der Waals surface area contributed by atoms with E-state index in [1.54, 1.807) is 13.3 Å². The number of aromatic nitrogens is 5. The molecule has 4 rings (SSSR count). The van der Waals surface area contributed by atoms with E-state index in [2.05, 4.69) is 43.2 Å². The minimum atomic E-state index is 0.255. The van der Waals surface area contributed by atoms with Crippen LogP contribution in [0.25, 0.3) is 22.4 Å². The first-order chi connectivity index (χ1) is 13.7. The van der Waals surface area contributed by atoms with Crippen molar-refractivity contribution in [2.24, 2.45) is 5.92 Å². The van der Waals surface area contributed by atoms with Gasteiger partial charge in [-0.15, -0.1) is 5.10 Å². The molecule has 0 saturated heterocycles. The van der Waals surface area contributed by atoms with Gasteiger partial charge in [0.25, 0.3) is 0 Å². The summed E-state index contributed by atoms with van der Waals surface area (Å²) in [5.74, 6) is 1.21. The lowest BCUT2D eigenvalue weighted by atomic mass is 10.1. The first-order valence-electron chi connectivity index (χ1n) is 9.64. The lowest BCUT2D eigenvalue weighted by molar-refractivity contribution is 0.353. The molecule has 0 amide bonds. The van der Waals surface area contributed by atoms with Crippen LogP contribution in [0.3, 0.4) is 0 Å². The van der Waals surface area contributed by atoms with E-state index >= 15 is 0 Å². The fraction of sp³-hybridized carbons (Fsp3) is 0.429. The number of hydrogen-bond acceptors (Lipinski definition) is 6. The van der Waals surface area contributed by atoms with Gasteiger partial charge in [-0.3, -0.25) is 0 Å². The summed E-state index contributed by atoms with van der Waals surface area (Å²) in [5.41, 5.74) is 4.43. The van der Waals surface area contributed by atoms with Gasteiger partial charge in [-0.2, -0.15) is 10.1 Å². The van der Waals surface area contributed by atoms with Crippen LogP contribution in [0, 0.1) is 12.8 Å². The molecule has 3 aromatic rings. The summed E-state index contributed by atoms with van der Waals surface area (Å²) in [7, 11) is 3.09. The van der Waals surface area contributed by atoms with E-state index in [1.807, 2.05) is 13.0 Å². The highest BCUT2D eigenvalue weighted by Gasteiger charge is 2.17. The Morgan fingerprint density at radius 3 is 2.68 bits per heavy atom. The summed E-state index contributed by atoms with van der Waals surface area (Å²) in [6.07, 6.45) is 11.4. The van der Waals surface area contributed by atoms with Crippen LogP contribution in [0.1, 0.15) is 31.4 Å². The molecule has 3 aromatic heterocycles. The zero-order chi connectivity index (χ0) is 19.5. The van der Waals surface area contributed by atoms with Crippen LogP contribution in [0.2, 0.25) is 0 Å². The monoisotopic (exact) mass is 379 g/mol. The van der Waals surface area contributed by atoms with Crippen molar-refractivity contribution in [1.29, 1.82) is 0 Å². The molecule has 7 nitrogen and oxygen atoms in total. The van der Waals surface area contributed by atoms with Crippen molar-refractivity contribution >= 4 is 0 Å². The third-order valence-corrected chi connectivity index (χ3v) is 5.37. The van der Waals surface area contributed by atoms with Crippen molar-refractivity contribution in [3.8, 4) is 34.3 Å². The van der Waals surface area contributed by atoms with Gasteiger partial charge in [-0.1, -0.05) is 12.8 Å². The lowest BCUT2D eigenvalue weighted by Gasteiger charge is -2.10. The molecule has 0 radical (unpaired) electrons. The molecule has 0 unspecified atom stereocenters. The van der Waals surface area contributed by atoms with Crippen LogP contribution < -0.4 is 9.47 Å². The molecule has 0 N–H and O–H groups in total. The highest BCUT2D eigenvalue weighted by Crippen LogP contribution is 2.32. The highest BCUT2D eigenvalue weighted by atomic mass is 16.5. The first kappa shape index (κ1) is 18.4. The van der Waals surface area contributed by atoms with Crippen molar-refractivity contribution in [3.63, 3.8) is 0 Å². The summed E-state index contributed by atoms with van der Waals surface area (Å²) >= 11 is 0. The Morgan fingerprint density at radius 2 is 1.93 bits per heavy atom. The predicted octanol–water partition coefficient (Wildman–Crippen LogP) is 3.92. The average Bonchev–Trinajstić information content (AvgIpc) is 3.40. The van der Waals surface area contributed by atoms with Crippen molar-refractivity contribution in [2.45, 2.75) is 39.2 Å². The standard InChI is InChI=1S/C21H25N5O2/c1-14-17(16-8-9-26(13-16)12-15-6-4-5-7-15)10-19(25-24-14)18-11-22-21(28-3)23-20(18)27-2/h8-11,13,15H,4-7,12H2,1-3H3. The molecule has 146 valence electrons. The normalized spacial score (nSPS) is 14.4. The molecule has 1 saturated carbocycles. The maximum Gasteiger partial charge on any atom is 0.319 e. The van der Waals surface area contributed by atoms with Gasteiger partial charge < -0.3 is 14.0 Å². The van der Waals surface area contributed by atoms with Gasteiger partial charge in [0.2, 0.25) is 5.88 Å². The second-order valence-electron chi connectivity index (χ2n) is 7.26. The minimum Gasteiger partial charge on any atom is -0.480 e. The summed E-state index contributed by atoms with van der Waals surface area (Å²) in [6, 6.07) is 4.42. The van der Waals surface area contributed by atoms with Gasteiger partial charge in [-0.05, 0) is 37.8 Å². The number of rotatable bonds is 6. The van der Waals surface area contributed by atoms with Crippen molar-refractivity contribution in [2.75, 3.05) is 14.2 Å². The van der Waals surface area contributed by atoms with E-state index in [-0.39, 0.29) is 6.01 Å². The number of hydrogen-bond donors (Lipinski definition) is 0. The third kappa shape index (κ3) is 3.69. The Kier molecular flexibility index (Phi) is 5.23. The second-order valence-corrected chi connectivity index (χ2v) is 7.26. The Hall–Kier alpha value is -2.96. The number of methoxy groups -OCH3 is 2. The highest BCUT2D eigenvalue weighted by molar-refractivity contribution is 5.73.